The molecule has 0 bridgehead atoms. The van der Waals surface area contributed by atoms with Crippen LogP contribution in [-0.2, 0) is 6.54 Å². The van der Waals surface area contributed by atoms with Gasteiger partial charge in [-0.3, -0.25) is 10.3 Å². The van der Waals surface area contributed by atoms with Crippen molar-refractivity contribution in [2.75, 3.05) is 20.2 Å². The Balaban J connectivity index is 2.83. The third-order valence-electron chi connectivity index (χ3n) is 4.08. The average molecular weight is 291 g/mol. The van der Waals surface area contributed by atoms with Gasteiger partial charge >= 0.3 is 0 Å². The highest BCUT2D eigenvalue weighted by Crippen LogP contribution is 2.21. The van der Waals surface area contributed by atoms with Crippen LogP contribution in [0.2, 0.25) is 0 Å². The molecular formula is C17H29N3O. The summed E-state index contributed by atoms with van der Waals surface area (Å²) in [5, 5.41) is 7.56. The van der Waals surface area contributed by atoms with Gasteiger partial charge in [0.15, 0.2) is 0 Å². The monoisotopic (exact) mass is 291 g/mol. The van der Waals surface area contributed by atoms with E-state index in [0.29, 0.717) is 11.3 Å². The van der Waals surface area contributed by atoms with Gasteiger partial charge in [-0.25, -0.2) is 0 Å². The summed E-state index contributed by atoms with van der Waals surface area (Å²) in [4.78, 5) is 2.46. The molecule has 0 amide bonds. The van der Waals surface area contributed by atoms with Gasteiger partial charge in [-0.2, -0.15) is 0 Å². The molecule has 118 valence electrons. The van der Waals surface area contributed by atoms with E-state index in [1.54, 1.807) is 7.11 Å². The number of methoxy groups -OCH3 is 1. The van der Waals surface area contributed by atoms with Crippen molar-refractivity contribution in [1.29, 1.82) is 5.41 Å². The number of nitrogens with one attached hydrogen (secondary N) is 1. The lowest BCUT2D eigenvalue weighted by molar-refractivity contribution is 0.226. The average Bonchev–Trinajstić information content (AvgIpc) is 2.50. The molecule has 4 nitrogen and oxygen atoms in total. The number of nitrogens with two attached hydrogens (primary N) is 1. The van der Waals surface area contributed by atoms with Crippen LogP contribution >= 0.6 is 0 Å². The van der Waals surface area contributed by atoms with Crippen molar-refractivity contribution in [2.45, 2.75) is 40.2 Å². The van der Waals surface area contributed by atoms with Crippen LogP contribution in [0.3, 0.4) is 0 Å². The van der Waals surface area contributed by atoms with E-state index < -0.39 is 0 Å². The number of hydrogen-bond acceptors (Lipinski definition) is 3. The van der Waals surface area contributed by atoms with E-state index in [1.165, 1.54) is 18.4 Å². The Hall–Kier alpha value is -1.55. The normalized spacial score (nSPS) is 11.1. The Morgan fingerprint density at radius 3 is 2.43 bits per heavy atom. The minimum atomic E-state index is 0.0442. The third kappa shape index (κ3) is 5.05. The van der Waals surface area contributed by atoms with E-state index in [-0.39, 0.29) is 5.84 Å². The van der Waals surface area contributed by atoms with E-state index in [1.807, 2.05) is 18.2 Å². The zero-order valence-electron chi connectivity index (χ0n) is 13.8. The molecule has 0 heterocycles. The quantitative estimate of drug-likeness (QED) is 0.542. The molecule has 0 saturated carbocycles. The van der Waals surface area contributed by atoms with Gasteiger partial charge in [0.2, 0.25) is 0 Å². The maximum atomic E-state index is 7.56. The fraction of sp³-hybridized carbons (Fsp3) is 0.588. The molecule has 1 rings (SSSR count). The number of benzene rings is 1. The first-order valence-electron chi connectivity index (χ1n) is 7.79. The van der Waals surface area contributed by atoms with E-state index in [2.05, 4.69) is 25.7 Å². The molecule has 0 saturated heterocycles. The molecular weight excluding hydrogens is 262 g/mol. The molecule has 0 aromatic heterocycles. The van der Waals surface area contributed by atoms with Crippen LogP contribution in [0.4, 0.5) is 0 Å². The van der Waals surface area contributed by atoms with Gasteiger partial charge in [-0.15, -0.1) is 0 Å². The molecule has 3 N–H and O–H groups in total. The lowest BCUT2D eigenvalue weighted by Gasteiger charge is -2.25. The molecule has 21 heavy (non-hydrogen) atoms. The fourth-order valence-electron chi connectivity index (χ4n) is 2.53. The summed E-state index contributed by atoms with van der Waals surface area (Å²) >= 11 is 0. The Morgan fingerprint density at radius 2 is 1.95 bits per heavy atom. The third-order valence-corrected chi connectivity index (χ3v) is 4.08. The highest BCUT2D eigenvalue weighted by atomic mass is 16.5. The second kappa shape index (κ2) is 8.67. The van der Waals surface area contributed by atoms with Crippen molar-refractivity contribution >= 4 is 5.84 Å². The standard InChI is InChI=1S/C17H29N3O/c1-5-13(6-2)11-20(7-3)12-14-8-9-15(17(18)19)16(10-14)21-4/h8-10,13H,5-7,11-12H2,1-4H3,(H3,18,19). The number of hydrogen-bond donors (Lipinski definition) is 2. The smallest absolute Gasteiger partial charge is 0.130 e. The first-order valence-corrected chi connectivity index (χ1v) is 7.79. The maximum absolute atomic E-state index is 7.56. The van der Waals surface area contributed by atoms with Crippen molar-refractivity contribution in [3.8, 4) is 5.75 Å². The van der Waals surface area contributed by atoms with Gasteiger partial charge in [0.05, 0.1) is 12.7 Å². The zero-order valence-corrected chi connectivity index (χ0v) is 13.8. The lowest BCUT2D eigenvalue weighted by atomic mass is 10.0. The van der Waals surface area contributed by atoms with Crippen molar-refractivity contribution in [2.24, 2.45) is 11.7 Å². The van der Waals surface area contributed by atoms with Crippen LogP contribution < -0.4 is 10.5 Å². The summed E-state index contributed by atoms with van der Waals surface area (Å²) in [5.74, 6) is 1.48. The van der Waals surface area contributed by atoms with Crippen molar-refractivity contribution in [1.82, 2.24) is 4.90 Å². The second-order valence-corrected chi connectivity index (χ2v) is 5.46. The molecule has 0 spiro atoms. The molecule has 1 aromatic carbocycles. The van der Waals surface area contributed by atoms with Gasteiger partial charge < -0.3 is 10.5 Å². The van der Waals surface area contributed by atoms with Crippen LogP contribution in [0.5, 0.6) is 5.75 Å². The minimum absolute atomic E-state index is 0.0442. The Morgan fingerprint density at radius 1 is 1.29 bits per heavy atom. The van der Waals surface area contributed by atoms with Crippen molar-refractivity contribution in [3.63, 3.8) is 0 Å². The van der Waals surface area contributed by atoms with Gasteiger partial charge in [0.1, 0.15) is 11.6 Å². The summed E-state index contributed by atoms with van der Waals surface area (Å²) in [6.45, 7) is 9.78. The lowest BCUT2D eigenvalue weighted by Crippen LogP contribution is -2.28. The first kappa shape index (κ1) is 17.5. The number of nitrogens with zero attached hydrogens (tertiary/aromatic N) is 1. The van der Waals surface area contributed by atoms with E-state index in [4.69, 9.17) is 15.9 Å². The molecule has 0 atom stereocenters. The Kier molecular flexibility index (Phi) is 7.23. The molecule has 0 aliphatic heterocycles. The van der Waals surface area contributed by atoms with E-state index >= 15 is 0 Å². The molecule has 0 aliphatic rings. The molecule has 0 fully saturated rings. The summed E-state index contributed by atoms with van der Waals surface area (Å²) in [6, 6.07) is 5.91. The predicted molar refractivity (Wildman–Crippen MR) is 89.0 cm³/mol. The summed E-state index contributed by atoms with van der Waals surface area (Å²) in [7, 11) is 1.62. The largest absolute Gasteiger partial charge is 0.496 e. The highest BCUT2D eigenvalue weighted by Gasteiger charge is 2.12. The van der Waals surface area contributed by atoms with Crippen LogP contribution in [0.15, 0.2) is 18.2 Å². The van der Waals surface area contributed by atoms with Crippen LogP contribution in [0, 0.1) is 11.3 Å². The Labute approximate surface area is 128 Å². The van der Waals surface area contributed by atoms with Crippen LogP contribution in [0.25, 0.3) is 0 Å². The van der Waals surface area contributed by atoms with Crippen molar-refractivity contribution in [3.05, 3.63) is 29.3 Å². The predicted octanol–water partition coefficient (Wildman–Crippen LogP) is 3.24. The van der Waals surface area contributed by atoms with Gasteiger partial charge in [0, 0.05) is 13.1 Å². The molecule has 0 radical (unpaired) electrons. The van der Waals surface area contributed by atoms with E-state index in [0.717, 1.165) is 25.6 Å². The molecule has 4 heteroatoms. The van der Waals surface area contributed by atoms with Gasteiger partial charge in [-0.05, 0) is 30.2 Å². The number of ether oxygens (including phenoxy) is 1. The highest BCUT2D eigenvalue weighted by molar-refractivity contribution is 5.97. The topological polar surface area (TPSA) is 62.3 Å². The number of amidine groups is 1. The van der Waals surface area contributed by atoms with E-state index in [9.17, 15) is 0 Å². The van der Waals surface area contributed by atoms with Crippen LogP contribution in [0.1, 0.15) is 44.7 Å². The minimum Gasteiger partial charge on any atom is -0.496 e. The second-order valence-electron chi connectivity index (χ2n) is 5.46. The SMILES string of the molecule is CCC(CC)CN(CC)Cc1ccc(C(=N)N)c(OC)c1. The van der Waals surface area contributed by atoms with Gasteiger partial charge in [0.25, 0.3) is 0 Å². The van der Waals surface area contributed by atoms with Crippen LogP contribution in [-0.4, -0.2) is 30.9 Å². The Bertz CT molecular complexity index is 455. The summed E-state index contributed by atoms with van der Waals surface area (Å²) in [6.07, 6.45) is 2.44. The number of rotatable bonds is 9. The molecule has 0 unspecified atom stereocenters. The maximum Gasteiger partial charge on any atom is 0.130 e. The van der Waals surface area contributed by atoms with Crippen molar-refractivity contribution < 1.29 is 4.74 Å². The fourth-order valence-corrected chi connectivity index (χ4v) is 2.53. The molecule has 0 aliphatic carbocycles. The number of nitrogen functional groups attached to an aromatic ring is 1. The first-order chi connectivity index (χ1) is 10.0. The summed E-state index contributed by atoms with van der Waals surface area (Å²) in [5.41, 5.74) is 7.42. The zero-order chi connectivity index (χ0) is 15.8. The van der Waals surface area contributed by atoms with Gasteiger partial charge in [-0.1, -0.05) is 39.7 Å². The molecule has 1 aromatic rings. The summed E-state index contributed by atoms with van der Waals surface area (Å²) < 4.78 is 5.35.